The van der Waals surface area contributed by atoms with Crippen LogP contribution >= 0.6 is 22.9 Å². The largest absolute Gasteiger partial charge is 0.496 e. The molecule has 1 aliphatic carbocycles. The van der Waals surface area contributed by atoms with Crippen molar-refractivity contribution in [1.29, 1.82) is 0 Å². The smallest absolute Gasteiger partial charge is 0.236 e. The SMILES string of the molecule is COc1cc(OC)c2c(c1Cl)O[C@@]1(C(=O)C3=C(C[C@H]1C)NC(=O)C[C@H]3c1ccsc1)C2=O. The zero-order valence-electron chi connectivity index (χ0n) is 17.6. The van der Waals surface area contributed by atoms with Crippen LogP contribution in [0.5, 0.6) is 17.2 Å². The number of nitrogens with one attached hydrogen (secondary N) is 1. The minimum absolute atomic E-state index is 0.0871. The van der Waals surface area contributed by atoms with E-state index in [2.05, 4.69) is 5.32 Å². The van der Waals surface area contributed by atoms with Crippen LogP contribution in [0.3, 0.4) is 0 Å². The molecule has 5 rings (SSSR count). The second kappa shape index (κ2) is 7.35. The van der Waals surface area contributed by atoms with Gasteiger partial charge in [0.1, 0.15) is 22.1 Å². The Balaban J connectivity index is 1.68. The molecule has 0 saturated heterocycles. The molecule has 3 atom stereocenters. The summed E-state index contributed by atoms with van der Waals surface area (Å²) >= 11 is 7.97. The summed E-state index contributed by atoms with van der Waals surface area (Å²) in [6, 6.07) is 3.41. The number of allylic oxidation sites excluding steroid dienone is 1. The number of hydrogen-bond acceptors (Lipinski definition) is 7. The van der Waals surface area contributed by atoms with Gasteiger partial charge in [-0.25, -0.2) is 0 Å². The minimum atomic E-state index is -1.78. The van der Waals surface area contributed by atoms with Gasteiger partial charge in [-0.05, 0) is 28.8 Å². The second-order valence-electron chi connectivity index (χ2n) is 8.15. The molecule has 2 aromatic rings. The molecular weight excluding hydrogens is 454 g/mol. The second-order valence-corrected chi connectivity index (χ2v) is 9.31. The Morgan fingerprint density at radius 1 is 1.16 bits per heavy atom. The fourth-order valence-corrected chi connectivity index (χ4v) is 5.93. The number of methoxy groups -OCH3 is 2. The maximum atomic E-state index is 14.1. The number of fused-ring (bicyclic) bond motifs is 1. The highest BCUT2D eigenvalue weighted by Crippen LogP contribution is 2.55. The van der Waals surface area contributed by atoms with Gasteiger partial charge in [0.05, 0.1) is 14.2 Å². The number of ether oxygens (including phenoxy) is 3. The first-order valence-electron chi connectivity index (χ1n) is 10.1. The zero-order valence-corrected chi connectivity index (χ0v) is 19.2. The standard InChI is InChI=1S/C23H20ClNO6S/c1-10-6-13-17(12(7-16(26)25-13)11-4-5-32-9-11)21(27)23(10)22(28)18-14(29-2)8-15(30-3)19(24)20(18)31-23/h4-5,8-10,12H,6-7H2,1-3H3,(H,25,26)/t10-,12+,23+/m1/s1. The van der Waals surface area contributed by atoms with Crippen molar-refractivity contribution in [2.24, 2.45) is 5.92 Å². The topological polar surface area (TPSA) is 90.9 Å². The van der Waals surface area contributed by atoms with Gasteiger partial charge in [0.15, 0.2) is 5.75 Å². The van der Waals surface area contributed by atoms with Crippen molar-refractivity contribution in [2.75, 3.05) is 14.2 Å². The Hall–Kier alpha value is -2.84. The van der Waals surface area contributed by atoms with Gasteiger partial charge < -0.3 is 19.5 Å². The quantitative estimate of drug-likeness (QED) is 0.680. The Labute approximate surface area is 193 Å². The Morgan fingerprint density at radius 2 is 1.91 bits per heavy atom. The van der Waals surface area contributed by atoms with Gasteiger partial charge in [-0.15, -0.1) is 0 Å². The molecule has 0 saturated carbocycles. The summed E-state index contributed by atoms with van der Waals surface area (Å²) in [7, 11) is 2.87. The average molecular weight is 474 g/mol. The van der Waals surface area contributed by atoms with Gasteiger partial charge in [0.2, 0.25) is 23.1 Å². The Morgan fingerprint density at radius 3 is 2.56 bits per heavy atom. The van der Waals surface area contributed by atoms with Crippen LogP contribution in [0.2, 0.25) is 5.02 Å². The highest BCUT2D eigenvalue weighted by Gasteiger charge is 2.63. The first-order valence-corrected chi connectivity index (χ1v) is 11.4. The average Bonchev–Trinajstić information content (AvgIpc) is 3.40. The molecule has 3 aliphatic rings. The molecule has 1 aromatic carbocycles. The highest BCUT2D eigenvalue weighted by atomic mass is 35.5. The fourth-order valence-electron chi connectivity index (χ4n) is 4.95. The number of halogens is 1. The molecule has 2 aliphatic heterocycles. The zero-order chi connectivity index (χ0) is 22.8. The summed E-state index contributed by atoms with van der Waals surface area (Å²) in [4.78, 5) is 40.3. The van der Waals surface area contributed by atoms with Crippen molar-refractivity contribution in [3.63, 3.8) is 0 Å². The summed E-state index contributed by atoms with van der Waals surface area (Å²) in [5.74, 6) is -1.45. The Kier molecular flexibility index (Phi) is 4.83. The van der Waals surface area contributed by atoms with E-state index in [0.29, 0.717) is 17.7 Å². The predicted octanol–water partition coefficient (Wildman–Crippen LogP) is 3.90. The van der Waals surface area contributed by atoms with E-state index in [0.717, 1.165) is 5.56 Å². The van der Waals surface area contributed by atoms with E-state index < -0.39 is 29.0 Å². The van der Waals surface area contributed by atoms with E-state index in [4.69, 9.17) is 25.8 Å². The molecule has 3 heterocycles. The van der Waals surface area contributed by atoms with Crippen molar-refractivity contribution in [3.05, 3.63) is 50.3 Å². The van der Waals surface area contributed by atoms with Crippen LogP contribution in [0, 0.1) is 5.92 Å². The molecule has 1 amide bonds. The van der Waals surface area contributed by atoms with Crippen molar-refractivity contribution in [1.82, 2.24) is 5.32 Å². The molecule has 32 heavy (non-hydrogen) atoms. The lowest BCUT2D eigenvalue weighted by atomic mass is 9.66. The number of benzene rings is 1. The van der Waals surface area contributed by atoms with E-state index in [1.54, 1.807) is 6.92 Å². The van der Waals surface area contributed by atoms with E-state index in [-0.39, 0.29) is 40.2 Å². The van der Waals surface area contributed by atoms with Crippen molar-refractivity contribution in [2.45, 2.75) is 31.3 Å². The van der Waals surface area contributed by atoms with Gasteiger partial charge in [-0.2, -0.15) is 11.3 Å². The third-order valence-electron chi connectivity index (χ3n) is 6.50. The summed E-state index contributed by atoms with van der Waals surface area (Å²) in [5.41, 5.74) is 0.207. The number of ketones is 2. The van der Waals surface area contributed by atoms with Crippen LogP contribution in [-0.4, -0.2) is 37.3 Å². The van der Waals surface area contributed by atoms with E-state index in [1.165, 1.54) is 31.6 Å². The van der Waals surface area contributed by atoms with E-state index in [9.17, 15) is 14.4 Å². The number of hydrogen-bond donors (Lipinski definition) is 1. The van der Waals surface area contributed by atoms with Gasteiger partial charge in [0, 0.05) is 35.6 Å². The van der Waals surface area contributed by atoms with Crippen LogP contribution < -0.4 is 19.5 Å². The van der Waals surface area contributed by atoms with Gasteiger partial charge in [-0.3, -0.25) is 14.4 Å². The molecule has 9 heteroatoms. The molecule has 166 valence electrons. The predicted molar refractivity (Wildman–Crippen MR) is 118 cm³/mol. The molecule has 1 aromatic heterocycles. The third-order valence-corrected chi connectivity index (χ3v) is 7.56. The maximum Gasteiger partial charge on any atom is 0.236 e. The first-order chi connectivity index (χ1) is 15.3. The van der Waals surface area contributed by atoms with Crippen molar-refractivity contribution < 1.29 is 28.6 Å². The van der Waals surface area contributed by atoms with Gasteiger partial charge in [-0.1, -0.05) is 18.5 Å². The van der Waals surface area contributed by atoms with Crippen LogP contribution in [-0.2, 0) is 9.59 Å². The van der Waals surface area contributed by atoms with Gasteiger partial charge >= 0.3 is 0 Å². The molecule has 1 N–H and O–H groups in total. The van der Waals surface area contributed by atoms with E-state index >= 15 is 0 Å². The number of carbonyl (C=O) groups excluding carboxylic acids is 3. The minimum Gasteiger partial charge on any atom is -0.496 e. The summed E-state index contributed by atoms with van der Waals surface area (Å²) in [6.07, 6.45) is 0.440. The lowest BCUT2D eigenvalue weighted by Crippen LogP contribution is -2.59. The number of rotatable bonds is 3. The number of Topliss-reactive ketones (excluding diaryl/α,β-unsaturated/α-hetero) is 2. The van der Waals surface area contributed by atoms with Crippen LogP contribution in [0.25, 0.3) is 0 Å². The highest BCUT2D eigenvalue weighted by molar-refractivity contribution is 7.08. The van der Waals surface area contributed by atoms with Crippen molar-refractivity contribution in [3.8, 4) is 17.2 Å². The number of thiophene rings is 1. The van der Waals surface area contributed by atoms with Crippen LogP contribution in [0.4, 0.5) is 0 Å². The lowest BCUT2D eigenvalue weighted by molar-refractivity contribution is -0.131. The van der Waals surface area contributed by atoms with Crippen LogP contribution in [0.15, 0.2) is 34.2 Å². The molecule has 7 nitrogen and oxygen atoms in total. The maximum absolute atomic E-state index is 14.1. The van der Waals surface area contributed by atoms with E-state index in [1.807, 2.05) is 16.8 Å². The summed E-state index contributed by atoms with van der Waals surface area (Å²) in [6.45, 7) is 1.77. The lowest BCUT2D eigenvalue weighted by Gasteiger charge is -2.41. The van der Waals surface area contributed by atoms with Gasteiger partial charge in [0.25, 0.3) is 0 Å². The summed E-state index contributed by atoms with van der Waals surface area (Å²) < 4.78 is 16.9. The monoisotopic (exact) mass is 473 g/mol. The number of amides is 1. The fraction of sp³-hybridized carbons (Fsp3) is 0.348. The number of carbonyl (C=O) groups is 3. The molecule has 0 unspecified atom stereocenters. The summed E-state index contributed by atoms with van der Waals surface area (Å²) in [5, 5.41) is 6.78. The Bertz CT molecular complexity index is 1200. The molecule has 0 radical (unpaired) electrons. The molecular formula is C23H20ClNO6S. The normalized spacial score (nSPS) is 26.6. The van der Waals surface area contributed by atoms with Crippen molar-refractivity contribution >= 4 is 40.4 Å². The first kappa shape index (κ1) is 21.0. The molecule has 0 fully saturated rings. The molecule has 0 bridgehead atoms. The van der Waals surface area contributed by atoms with Crippen LogP contribution in [0.1, 0.15) is 41.6 Å². The third kappa shape index (κ3) is 2.69. The molecule has 1 spiro atoms.